The minimum absolute atomic E-state index is 0.0236. The highest BCUT2D eigenvalue weighted by atomic mass is 32.2. The van der Waals surface area contributed by atoms with Gasteiger partial charge in [0.1, 0.15) is 10.9 Å². The van der Waals surface area contributed by atoms with Crippen molar-refractivity contribution in [3.63, 3.8) is 0 Å². The summed E-state index contributed by atoms with van der Waals surface area (Å²) in [6, 6.07) is 4.20. The topological polar surface area (TPSA) is 133 Å². The van der Waals surface area contributed by atoms with Gasteiger partial charge in [-0.05, 0) is 19.2 Å². The summed E-state index contributed by atoms with van der Waals surface area (Å²) in [5, 5.41) is 20.0. The monoisotopic (exact) mass is 302 g/mol. The van der Waals surface area contributed by atoms with Crippen molar-refractivity contribution in [2.75, 3.05) is 12.4 Å². The van der Waals surface area contributed by atoms with Gasteiger partial charge in [-0.2, -0.15) is 0 Å². The van der Waals surface area contributed by atoms with E-state index in [1.807, 2.05) is 0 Å². The number of anilines is 1. The second kappa shape index (κ2) is 6.35. The van der Waals surface area contributed by atoms with Gasteiger partial charge in [-0.1, -0.05) is 12.1 Å². The molecule has 1 rings (SSSR count). The van der Waals surface area contributed by atoms with Crippen molar-refractivity contribution in [2.24, 2.45) is 0 Å². The van der Waals surface area contributed by atoms with E-state index in [1.165, 1.54) is 31.3 Å². The number of hydrogen-bond donors (Lipinski definition) is 4. The predicted octanol–water partition coefficient (Wildman–Crippen LogP) is -0.0655. The minimum Gasteiger partial charge on any atom is -0.481 e. The minimum atomic E-state index is -3.78. The van der Waals surface area contributed by atoms with E-state index >= 15 is 0 Å². The first-order valence-electron chi connectivity index (χ1n) is 5.51. The second-order valence-corrected chi connectivity index (χ2v) is 5.69. The average Bonchev–Trinajstić information content (AvgIpc) is 2.37. The zero-order chi connectivity index (χ0) is 15.3. The molecule has 20 heavy (non-hydrogen) atoms. The van der Waals surface area contributed by atoms with Gasteiger partial charge in [0, 0.05) is 0 Å². The van der Waals surface area contributed by atoms with Gasteiger partial charge in [0.05, 0.1) is 12.1 Å². The molecular weight excluding hydrogens is 288 g/mol. The Labute approximate surface area is 115 Å². The lowest BCUT2D eigenvalue weighted by atomic mass is 10.2. The standard InChI is InChI=1S/C11H14N2O6S/c1-12-20(18,19)9-5-3-2-4-7(9)13-8(11(16)17)6-10(14)15/h2-5,8,12-13H,6H2,1H3,(H,14,15)(H,16,17). The molecule has 0 aliphatic carbocycles. The summed E-state index contributed by atoms with van der Waals surface area (Å²) in [5.41, 5.74) is 0.0236. The van der Waals surface area contributed by atoms with Crippen molar-refractivity contribution in [3.05, 3.63) is 24.3 Å². The number of nitrogens with one attached hydrogen (secondary N) is 2. The molecule has 0 saturated heterocycles. The first-order valence-corrected chi connectivity index (χ1v) is 7.00. The van der Waals surface area contributed by atoms with Crippen LogP contribution in [0.15, 0.2) is 29.2 Å². The fraction of sp³-hybridized carbons (Fsp3) is 0.273. The van der Waals surface area contributed by atoms with Gasteiger partial charge in [-0.3, -0.25) is 4.79 Å². The van der Waals surface area contributed by atoms with Gasteiger partial charge < -0.3 is 15.5 Å². The zero-order valence-corrected chi connectivity index (χ0v) is 11.3. The van der Waals surface area contributed by atoms with Crippen molar-refractivity contribution in [3.8, 4) is 0 Å². The lowest BCUT2D eigenvalue weighted by Gasteiger charge is -2.16. The Kier molecular flexibility index (Phi) is 5.06. The van der Waals surface area contributed by atoms with Crippen molar-refractivity contribution < 1.29 is 28.2 Å². The maximum Gasteiger partial charge on any atom is 0.326 e. The molecule has 0 heterocycles. The Bertz CT molecular complexity index is 613. The van der Waals surface area contributed by atoms with Crippen LogP contribution in [0.3, 0.4) is 0 Å². The van der Waals surface area contributed by atoms with Gasteiger partial charge in [0.2, 0.25) is 10.0 Å². The summed E-state index contributed by atoms with van der Waals surface area (Å²) in [6.07, 6.45) is -0.677. The number of rotatable bonds is 7. The molecule has 1 aromatic carbocycles. The molecule has 0 bridgehead atoms. The molecule has 0 amide bonds. The smallest absolute Gasteiger partial charge is 0.326 e. The molecule has 9 heteroatoms. The van der Waals surface area contributed by atoms with Crippen molar-refractivity contribution in [1.82, 2.24) is 4.72 Å². The lowest BCUT2D eigenvalue weighted by molar-refractivity contribution is -0.144. The Hall–Kier alpha value is -2.13. The molecule has 8 nitrogen and oxygen atoms in total. The van der Waals surface area contributed by atoms with Gasteiger partial charge in [0.15, 0.2) is 0 Å². The number of carbonyl (C=O) groups is 2. The molecule has 0 saturated carbocycles. The van der Waals surface area contributed by atoms with E-state index in [2.05, 4.69) is 10.0 Å². The summed E-state index contributed by atoms with van der Waals surface area (Å²) in [7, 11) is -2.56. The quantitative estimate of drug-likeness (QED) is 0.554. The van der Waals surface area contributed by atoms with E-state index in [4.69, 9.17) is 10.2 Å². The summed E-state index contributed by atoms with van der Waals surface area (Å²) in [5.74, 6) is -2.69. The van der Waals surface area contributed by atoms with E-state index in [0.29, 0.717) is 0 Å². The van der Waals surface area contributed by atoms with Crippen molar-refractivity contribution in [1.29, 1.82) is 0 Å². The molecule has 1 aromatic rings. The van der Waals surface area contributed by atoms with Crippen LogP contribution in [-0.2, 0) is 19.6 Å². The van der Waals surface area contributed by atoms with Crippen LogP contribution in [0.25, 0.3) is 0 Å². The summed E-state index contributed by atoms with van der Waals surface area (Å²) in [4.78, 5) is 21.4. The summed E-state index contributed by atoms with van der Waals surface area (Å²) < 4.78 is 25.7. The molecule has 0 spiro atoms. The number of carboxylic acid groups (broad SMARTS) is 2. The van der Waals surface area contributed by atoms with Crippen LogP contribution in [0, 0.1) is 0 Å². The molecular formula is C11H14N2O6S. The van der Waals surface area contributed by atoms with Crippen LogP contribution in [0.1, 0.15) is 6.42 Å². The largest absolute Gasteiger partial charge is 0.481 e. The normalized spacial score (nSPS) is 12.7. The third-order valence-corrected chi connectivity index (χ3v) is 3.92. The van der Waals surface area contributed by atoms with Gasteiger partial charge >= 0.3 is 11.9 Å². The SMILES string of the molecule is CNS(=O)(=O)c1ccccc1NC(CC(=O)O)C(=O)O. The van der Waals surface area contributed by atoms with E-state index in [-0.39, 0.29) is 10.6 Å². The highest BCUT2D eigenvalue weighted by molar-refractivity contribution is 7.89. The van der Waals surface area contributed by atoms with Crippen LogP contribution < -0.4 is 10.0 Å². The van der Waals surface area contributed by atoms with E-state index in [1.54, 1.807) is 0 Å². The number of para-hydroxylation sites is 1. The number of carboxylic acids is 2. The Morgan fingerprint density at radius 3 is 2.35 bits per heavy atom. The van der Waals surface area contributed by atoms with Crippen LogP contribution in [-0.4, -0.2) is 43.7 Å². The number of benzene rings is 1. The highest BCUT2D eigenvalue weighted by Gasteiger charge is 2.24. The highest BCUT2D eigenvalue weighted by Crippen LogP contribution is 2.21. The number of aliphatic carboxylic acids is 2. The first-order chi connectivity index (χ1) is 9.27. The fourth-order valence-electron chi connectivity index (χ4n) is 1.49. The number of sulfonamides is 1. The van der Waals surface area contributed by atoms with Gasteiger partial charge in [-0.15, -0.1) is 0 Å². The van der Waals surface area contributed by atoms with E-state index in [9.17, 15) is 18.0 Å². The van der Waals surface area contributed by atoms with Crippen molar-refractivity contribution >= 4 is 27.6 Å². The Balaban J connectivity index is 3.14. The maximum absolute atomic E-state index is 11.8. The van der Waals surface area contributed by atoms with Gasteiger partial charge in [0.25, 0.3) is 0 Å². The second-order valence-electron chi connectivity index (χ2n) is 3.84. The molecule has 0 aliphatic heterocycles. The Morgan fingerprint density at radius 2 is 1.85 bits per heavy atom. The third kappa shape index (κ3) is 3.93. The van der Waals surface area contributed by atoms with Crippen LogP contribution in [0.2, 0.25) is 0 Å². The first kappa shape index (κ1) is 15.9. The van der Waals surface area contributed by atoms with Crippen LogP contribution in [0.5, 0.6) is 0 Å². The van der Waals surface area contributed by atoms with E-state index < -0.39 is 34.4 Å². The molecule has 110 valence electrons. The molecule has 1 atom stereocenters. The molecule has 4 N–H and O–H groups in total. The van der Waals surface area contributed by atoms with Crippen LogP contribution >= 0.6 is 0 Å². The van der Waals surface area contributed by atoms with Crippen molar-refractivity contribution in [2.45, 2.75) is 17.4 Å². The summed E-state index contributed by atoms with van der Waals surface area (Å²) >= 11 is 0. The van der Waals surface area contributed by atoms with Gasteiger partial charge in [-0.25, -0.2) is 17.9 Å². The van der Waals surface area contributed by atoms with E-state index in [0.717, 1.165) is 0 Å². The average molecular weight is 302 g/mol. The fourth-order valence-corrected chi connectivity index (χ4v) is 2.39. The molecule has 0 aliphatic rings. The molecule has 0 fully saturated rings. The lowest BCUT2D eigenvalue weighted by Crippen LogP contribution is -2.32. The molecule has 0 radical (unpaired) electrons. The molecule has 1 unspecified atom stereocenters. The molecule has 0 aromatic heterocycles. The maximum atomic E-state index is 11.8. The predicted molar refractivity (Wildman–Crippen MR) is 70.0 cm³/mol. The Morgan fingerprint density at radius 1 is 1.25 bits per heavy atom. The zero-order valence-electron chi connectivity index (χ0n) is 10.5. The summed E-state index contributed by atoms with van der Waals surface area (Å²) in [6.45, 7) is 0. The number of hydrogen-bond acceptors (Lipinski definition) is 5. The third-order valence-electron chi connectivity index (χ3n) is 2.45. The van der Waals surface area contributed by atoms with Crippen LogP contribution in [0.4, 0.5) is 5.69 Å².